The number of hydrogen-bond acceptors (Lipinski definition) is 2. The van der Waals surface area contributed by atoms with Gasteiger partial charge >= 0.3 is 0 Å². The summed E-state index contributed by atoms with van der Waals surface area (Å²) in [6.07, 6.45) is -2.38. The first kappa shape index (κ1) is 11.0. The quantitative estimate of drug-likeness (QED) is 0.794. The Morgan fingerprint density at radius 1 is 1.50 bits per heavy atom. The zero-order valence-corrected chi connectivity index (χ0v) is 8.43. The van der Waals surface area contributed by atoms with Crippen molar-refractivity contribution in [3.8, 4) is 0 Å². The smallest absolute Gasteiger partial charge is 0.255 e. The lowest BCUT2D eigenvalue weighted by atomic mass is 10.2. The minimum Gasteiger partial charge on any atom is -0.397 e. The van der Waals surface area contributed by atoms with Gasteiger partial charge in [-0.05, 0) is 18.2 Å². The standard InChI is InChI=1S/C9H11ClF2N2/c1-14(5-9(11)12)8-3-2-6(10)4-7(8)13/h2-4,9H,5,13H2,1H3. The first-order valence-electron chi connectivity index (χ1n) is 4.05. The van der Waals surface area contributed by atoms with Crippen LogP contribution in [0.25, 0.3) is 0 Å². The van der Waals surface area contributed by atoms with E-state index < -0.39 is 6.43 Å². The third-order valence-electron chi connectivity index (χ3n) is 1.81. The molecule has 0 aliphatic carbocycles. The molecular formula is C9H11ClF2N2. The van der Waals surface area contributed by atoms with Crippen molar-refractivity contribution >= 4 is 23.0 Å². The van der Waals surface area contributed by atoms with Gasteiger partial charge < -0.3 is 10.6 Å². The molecular weight excluding hydrogens is 210 g/mol. The topological polar surface area (TPSA) is 29.3 Å². The van der Waals surface area contributed by atoms with Gasteiger partial charge in [-0.1, -0.05) is 11.6 Å². The number of benzene rings is 1. The van der Waals surface area contributed by atoms with Crippen molar-refractivity contribution in [3.05, 3.63) is 23.2 Å². The molecule has 0 heterocycles. The van der Waals surface area contributed by atoms with Crippen molar-refractivity contribution in [2.24, 2.45) is 0 Å². The first-order chi connectivity index (χ1) is 6.50. The van der Waals surface area contributed by atoms with Crippen LogP contribution in [0.15, 0.2) is 18.2 Å². The fourth-order valence-electron chi connectivity index (χ4n) is 1.18. The van der Waals surface area contributed by atoms with Crippen molar-refractivity contribution in [2.75, 3.05) is 24.2 Å². The summed E-state index contributed by atoms with van der Waals surface area (Å²) in [7, 11) is 1.56. The van der Waals surface area contributed by atoms with Gasteiger partial charge in [0.15, 0.2) is 0 Å². The minimum absolute atomic E-state index is 0.341. The van der Waals surface area contributed by atoms with Gasteiger partial charge in [-0.2, -0.15) is 0 Å². The van der Waals surface area contributed by atoms with E-state index in [4.69, 9.17) is 17.3 Å². The van der Waals surface area contributed by atoms with Crippen molar-refractivity contribution < 1.29 is 8.78 Å². The number of anilines is 2. The third-order valence-corrected chi connectivity index (χ3v) is 2.05. The second-order valence-corrected chi connectivity index (χ2v) is 3.41. The summed E-state index contributed by atoms with van der Waals surface area (Å²) in [4.78, 5) is 1.40. The summed E-state index contributed by atoms with van der Waals surface area (Å²) in [5.74, 6) is 0. The van der Waals surface area contributed by atoms with E-state index in [0.717, 1.165) is 0 Å². The van der Waals surface area contributed by atoms with Crippen LogP contribution in [0.5, 0.6) is 0 Å². The van der Waals surface area contributed by atoms with Gasteiger partial charge in [0.1, 0.15) is 0 Å². The van der Waals surface area contributed by atoms with Crippen molar-refractivity contribution in [2.45, 2.75) is 6.43 Å². The summed E-state index contributed by atoms with van der Waals surface area (Å²) in [6.45, 7) is -0.341. The SMILES string of the molecule is CN(CC(F)F)c1ccc(Cl)cc1N. The molecule has 78 valence electrons. The molecule has 14 heavy (non-hydrogen) atoms. The summed E-state index contributed by atoms with van der Waals surface area (Å²) in [5.41, 5.74) is 6.59. The normalized spacial score (nSPS) is 10.6. The molecule has 0 aliphatic heterocycles. The summed E-state index contributed by atoms with van der Waals surface area (Å²) < 4.78 is 24.1. The van der Waals surface area contributed by atoms with Gasteiger partial charge in [-0.3, -0.25) is 0 Å². The third kappa shape index (κ3) is 2.73. The molecule has 0 saturated heterocycles. The van der Waals surface area contributed by atoms with Crippen LogP contribution < -0.4 is 10.6 Å². The number of halogens is 3. The molecule has 0 aromatic heterocycles. The Balaban J connectivity index is 2.84. The number of alkyl halides is 2. The highest BCUT2D eigenvalue weighted by Gasteiger charge is 2.10. The monoisotopic (exact) mass is 220 g/mol. The molecule has 0 aliphatic rings. The van der Waals surface area contributed by atoms with Gasteiger partial charge in [0.25, 0.3) is 6.43 Å². The fraction of sp³-hybridized carbons (Fsp3) is 0.333. The Kier molecular flexibility index (Phi) is 3.52. The number of nitrogens with two attached hydrogens (primary N) is 1. The van der Waals surface area contributed by atoms with Crippen LogP contribution in [0.4, 0.5) is 20.2 Å². The van der Waals surface area contributed by atoms with E-state index in [-0.39, 0.29) is 6.54 Å². The van der Waals surface area contributed by atoms with E-state index in [1.807, 2.05) is 0 Å². The lowest BCUT2D eigenvalue weighted by Gasteiger charge is -2.20. The zero-order chi connectivity index (χ0) is 10.7. The first-order valence-corrected chi connectivity index (χ1v) is 4.43. The Labute approximate surface area is 86.3 Å². The van der Waals surface area contributed by atoms with Gasteiger partial charge in [0.05, 0.1) is 17.9 Å². The Hall–Kier alpha value is -1.03. The molecule has 5 heteroatoms. The van der Waals surface area contributed by atoms with Crippen LogP contribution in [0.2, 0.25) is 5.02 Å². The van der Waals surface area contributed by atoms with E-state index >= 15 is 0 Å². The highest BCUT2D eigenvalue weighted by atomic mass is 35.5. The molecule has 0 atom stereocenters. The van der Waals surface area contributed by atoms with Crippen LogP contribution in [-0.2, 0) is 0 Å². The maximum atomic E-state index is 12.1. The predicted molar refractivity (Wildman–Crippen MR) is 55.1 cm³/mol. The van der Waals surface area contributed by atoms with E-state index in [1.165, 1.54) is 4.90 Å². The number of rotatable bonds is 3. The Morgan fingerprint density at radius 2 is 2.14 bits per heavy atom. The van der Waals surface area contributed by atoms with E-state index in [0.29, 0.717) is 16.4 Å². The molecule has 1 rings (SSSR count). The number of nitrogens with zero attached hydrogens (tertiary/aromatic N) is 1. The summed E-state index contributed by atoms with van der Waals surface area (Å²) >= 11 is 5.68. The average Bonchev–Trinajstić information content (AvgIpc) is 2.01. The molecule has 2 nitrogen and oxygen atoms in total. The Bertz CT molecular complexity index is 318. The van der Waals surface area contributed by atoms with Crippen molar-refractivity contribution in [3.63, 3.8) is 0 Å². The van der Waals surface area contributed by atoms with Crippen LogP contribution in [0.1, 0.15) is 0 Å². The number of hydrogen-bond donors (Lipinski definition) is 1. The molecule has 1 aromatic carbocycles. The highest BCUT2D eigenvalue weighted by Crippen LogP contribution is 2.25. The lowest BCUT2D eigenvalue weighted by Crippen LogP contribution is -2.24. The van der Waals surface area contributed by atoms with E-state index in [1.54, 1.807) is 25.2 Å². The average molecular weight is 221 g/mol. The molecule has 0 bridgehead atoms. The van der Waals surface area contributed by atoms with Crippen LogP contribution in [-0.4, -0.2) is 20.0 Å². The molecule has 0 unspecified atom stereocenters. The van der Waals surface area contributed by atoms with Crippen molar-refractivity contribution in [1.29, 1.82) is 0 Å². The second kappa shape index (κ2) is 4.46. The summed E-state index contributed by atoms with van der Waals surface area (Å²) in [5, 5.41) is 0.497. The maximum absolute atomic E-state index is 12.1. The largest absolute Gasteiger partial charge is 0.397 e. The molecule has 0 radical (unpaired) electrons. The van der Waals surface area contributed by atoms with Gasteiger partial charge in [0, 0.05) is 12.1 Å². The fourth-order valence-corrected chi connectivity index (χ4v) is 1.36. The van der Waals surface area contributed by atoms with Crippen LogP contribution >= 0.6 is 11.6 Å². The minimum atomic E-state index is -2.38. The molecule has 0 fully saturated rings. The maximum Gasteiger partial charge on any atom is 0.255 e. The number of nitrogen functional groups attached to an aromatic ring is 1. The molecule has 1 aromatic rings. The van der Waals surface area contributed by atoms with Crippen molar-refractivity contribution in [1.82, 2.24) is 0 Å². The van der Waals surface area contributed by atoms with E-state index in [9.17, 15) is 8.78 Å². The van der Waals surface area contributed by atoms with Gasteiger partial charge in [0.2, 0.25) is 0 Å². The molecule has 0 spiro atoms. The summed E-state index contributed by atoms with van der Waals surface area (Å²) in [6, 6.07) is 4.79. The second-order valence-electron chi connectivity index (χ2n) is 2.97. The lowest BCUT2D eigenvalue weighted by molar-refractivity contribution is 0.156. The molecule has 2 N–H and O–H groups in total. The van der Waals surface area contributed by atoms with Crippen LogP contribution in [0.3, 0.4) is 0 Å². The van der Waals surface area contributed by atoms with Crippen LogP contribution in [0, 0.1) is 0 Å². The highest BCUT2D eigenvalue weighted by molar-refractivity contribution is 6.31. The van der Waals surface area contributed by atoms with E-state index in [2.05, 4.69) is 0 Å². The molecule has 0 amide bonds. The zero-order valence-electron chi connectivity index (χ0n) is 7.67. The molecule has 0 saturated carbocycles. The van der Waals surface area contributed by atoms with Gasteiger partial charge in [-0.15, -0.1) is 0 Å². The predicted octanol–water partition coefficient (Wildman–Crippen LogP) is 2.62. The Morgan fingerprint density at radius 3 is 2.64 bits per heavy atom. The van der Waals surface area contributed by atoms with Gasteiger partial charge in [-0.25, -0.2) is 8.78 Å².